The smallest absolute Gasteiger partial charge is 0.251 e. The fourth-order valence-corrected chi connectivity index (χ4v) is 2.31. The lowest BCUT2D eigenvalue weighted by atomic mass is 10.1. The standard InChI is InChI=1S/C14H18INO/c1-2-13(9-10-3-4-10)16-14(17)11-5-7-12(15)8-6-11/h5-8,10,13H,2-4,9H2,1H3,(H,16,17). The van der Waals surface area contributed by atoms with E-state index in [1.54, 1.807) is 0 Å². The molecule has 0 bridgehead atoms. The molecule has 17 heavy (non-hydrogen) atoms. The molecule has 2 nitrogen and oxygen atoms in total. The van der Waals surface area contributed by atoms with Gasteiger partial charge < -0.3 is 5.32 Å². The van der Waals surface area contributed by atoms with Gasteiger partial charge in [-0.3, -0.25) is 4.79 Å². The van der Waals surface area contributed by atoms with Crippen LogP contribution >= 0.6 is 22.6 Å². The molecule has 0 heterocycles. The van der Waals surface area contributed by atoms with Crippen molar-refractivity contribution in [2.45, 2.75) is 38.6 Å². The molecule has 1 amide bonds. The van der Waals surface area contributed by atoms with Gasteiger partial charge in [0.1, 0.15) is 0 Å². The van der Waals surface area contributed by atoms with Gasteiger partial charge in [-0.15, -0.1) is 0 Å². The molecule has 0 radical (unpaired) electrons. The number of hydrogen-bond acceptors (Lipinski definition) is 1. The highest BCUT2D eigenvalue weighted by molar-refractivity contribution is 14.1. The second kappa shape index (κ2) is 5.85. The van der Waals surface area contributed by atoms with E-state index in [4.69, 9.17) is 0 Å². The summed E-state index contributed by atoms with van der Waals surface area (Å²) >= 11 is 2.25. The third-order valence-corrected chi connectivity index (χ3v) is 3.97. The van der Waals surface area contributed by atoms with Gasteiger partial charge in [0.15, 0.2) is 0 Å². The number of amides is 1. The molecule has 0 aliphatic heterocycles. The van der Waals surface area contributed by atoms with Crippen molar-refractivity contribution >= 4 is 28.5 Å². The molecular weight excluding hydrogens is 325 g/mol. The van der Waals surface area contributed by atoms with E-state index in [9.17, 15) is 4.79 Å². The third-order valence-electron chi connectivity index (χ3n) is 3.25. The number of benzene rings is 1. The van der Waals surface area contributed by atoms with Crippen molar-refractivity contribution in [2.24, 2.45) is 5.92 Å². The number of carbonyl (C=O) groups is 1. The van der Waals surface area contributed by atoms with E-state index >= 15 is 0 Å². The lowest BCUT2D eigenvalue weighted by Crippen LogP contribution is -2.34. The zero-order valence-electron chi connectivity index (χ0n) is 10.1. The number of rotatable bonds is 5. The molecule has 0 aromatic heterocycles. The molecule has 1 aliphatic carbocycles. The lowest BCUT2D eigenvalue weighted by Gasteiger charge is -2.16. The van der Waals surface area contributed by atoms with Crippen molar-refractivity contribution in [1.29, 1.82) is 0 Å². The summed E-state index contributed by atoms with van der Waals surface area (Å²) in [5, 5.41) is 3.13. The van der Waals surface area contributed by atoms with Crippen molar-refractivity contribution in [2.75, 3.05) is 0 Å². The van der Waals surface area contributed by atoms with Gasteiger partial charge in [0.25, 0.3) is 5.91 Å². The molecule has 1 N–H and O–H groups in total. The summed E-state index contributed by atoms with van der Waals surface area (Å²) in [6.07, 6.45) is 4.85. The van der Waals surface area contributed by atoms with E-state index < -0.39 is 0 Å². The minimum Gasteiger partial charge on any atom is -0.349 e. The van der Waals surface area contributed by atoms with Gasteiger partial charge in [-0.2, -0.15) is 0 Å². The van der Waals surface area contributed by atoms with Gasteiger partial charge in [0, 0.05) is 15.2 Å². The quantitative estimate of drug-likeness (QED) is 0.814. The predicted molar refractivity (Wildman–Crippen MR) is 78.0 cm³/mol. The normalized spacial score (nSPS) is 16.6. The molecule has 1 fully saturated rings. The van der Waals surface area contributed by atoms with E-state index in [0.29, 0.717) is 6.04 Å². The van der Waals surface area contributed by atoms with Crippen LogP contribution in [0.25, 0.3) is 0 Å². The highest BCUT2D eigenvalue weighted by Crippen LogP contribution is 2.34. The van der Waals surface area contributed by atoms with Crippen LogP contribution in [0, 0.1) is 9.49 Å². The molecule has 92 valence electrons. The number of carbonyl (C=O) groups excluding carboxylic acids is 1. The van der Waals surface area contributed by atoms with E-state index in [1.165, 1.54) is 12.8 Å². The number of nitrogens with one attached hydrogen (secondary N) is 1. The van der Waals surface area contributed by atoms with Crippen molar-refractivity contribution < 1.29 is 4.79 Å². The van der Waals surface area contributed by atoms with Crippen molar-refractivity contribution in [3.8, 4) is 0 Å². The maximum absolute atomic E-state index is 12.0. The average molecular weight is 343 g/mol. The van der Waals surface area contributed by atoms with Crippen molar-refractivity contribution in [3.05, 3.63) is 33.4 Å². The summed E-state index contributed by atoms with van der Waals surface area (Å²) in [5.41, 5.74) is 0.764. The van der Waals surface area contributed by atoms with Gasteiger partial charge in [-0.25, -0.2) is 0 Å². The number of halogens is 1. The Morgan fingerprint density at radius 2 is 2.06 bits per heavy atom. The van der Waals surface area contributed by atoms with Crippen LogP contribution in [-0.2, 0) is 0 Å². The minimum absolute atomic E-state index is 0.0638. The molecule has 1 aliphatic rings. The summed E-state index contributed by atoms with van der Waals surface area (Å²) in [7, 11) is 0. The molecule has 3 heteroatoms. The van der Waals surface area contributed by atoms with Crippen LogP contribution in [0.3, 0.4) is 0 Å². The molecule has 1 saturated carbocycles. The van der Waals surface area contributed by atoms with Gasteiger partial charge in [0.05, 0.1) is 0 Å². The summed E-state index contributed by atoms with van der Waals surface area (Å²) < 4.78 is 1.16. The highest BCUT2D eigenvalue weighted by atomic mass is 127. The molecule has 0 spiro atoms. The summed E-state index contributed by atoms with van der Waals surface area (Å²) in [4.78, 5) is 12.0. The Labute approximate surface area is 116 Å². The minimum atomic E-state index is 0.0638. The molecule has 2 rings (SSSR count). The van der Waals surface area contributed by atoms with Gasteiger partial charge >= 0.3 is 0 Å². The first kappa shape index (κ1) is 12.9. The average Bonchev–Trinajstić information content (AvgIpc) is 3.13. The maximum Gasteiger partial charge on any atom is 0.251 e. The predicted octanol–water partition coefficient (Wildman–Crippen LogP) is 3.60. The van der Waals surface area contributed by atoms with Crippen molar-refractivity contribution in [1.82, 2.24) is 5.32 Å². The summed E-state index contributed by atoms with van der Waals surface area (Å²) in [6, 6.07) is 8.06. The first-order valence-electron chi connectivity index (χ1n) is 6.25. The Balaban J connectivity index is 1.92. The topological polar surface area (TPSA) is 29.1 Å². The Bertz CT molecular complexity index is 384. The maximum atomic E-state index is 12.0. The van der Waals surface area contributed by atoms with E-state index in [-0.39, 0.29) is 5.91 Å². The summed E-state index contributed by atoms with van der Waals surface area (Å²) in [5.74, 6) is 0.922. The lowest BCUT2D eigenvalue weighted by molar-refractivity contribution is 0.0932. The molecule has 1 aromatic rings. The second-order valence-corrected chi connectivity index (χ2v) is 6.01. The van der Waals surface area contributed by atoms with Crippen LogP contribution in [0.4, 0.5) is 0 Å². The molecule has 1 aromatic carbocycles. The first-order valence-corrected chi connectivity index (χ1v) is 7.33. The second-order valence-electron chi connectivity index (χ2n) is 4.76. The van der Waals surface area contributed by atoms with Gasteiger partial charge in [0.2, 0.25) is 0 Å². The molecule has 1 unspecified atom stereocenters. The SMILES string of the molecule is CCC(CC1CC1)NC(=O)c1ccc(I)cc1. The summed E-state index contributed by atoms with van der Waals surface area (Å²) in [6.45, 7) is 2.14. The fraction of sp³-hybridized carbons (Fsp3) is 0.500. The van der Waals surface area contributed by atoms with Crippen LogP contribution in [-0.4, -0.2) is 11.9 Å². The van der Waals surface area contributed by atoms with Gasteiger partial charge in [-0.1, -0.05) is 19.8 Å². The monoisotopic (exact) mass is 343 g/mol. The van der Waals surface area contributed by atoms with Crippen LogP contribution in [0.1, 0.15) is 43.0 Å². The van der Waals surface area contributed by atoms with E-state index in [1.807, 2.05) is 24.3 Å². The fourth-order valence-electron chi connectivity index (χ4n) is 1.95. The van der Waals surface area contributed by atoms with Crippen LogP contribution < -0.4 is 5.32 Å². The first-order chi connectivity index (χ1) is 8.19. The Morgan fingerprint density at radius 1 is 1.41 bits per heavy atom. The molecule has 0 saturated heterocycles. The van der Waals surface area contributed by atoms with Gasteiger partial charge in [-0.05, 0) is 65.6 Å². The highest BCUT2D eigenvalue weighted by Gasteiger charge is 2.25. The van der Waals surface area contributed by atoms with Crippen LogP contribution in [0.2, 0.25) is 0 Å². The zero-order chi connectivity index (χ0) is 12.3. The zero-order valence-corrected chi connectivity index (χ0v) is 12.2. The Morgan fingerprint density at radius 3 is 2.59 bits per heavy atom. The number of hydrogen-bond donors (Lipinski definition) is 1. The van der Waals surface area contributed by atoms with E-state index in [0.717, 1.165) is 27.9 Å². The largest absolute Gasteiger partial charge is 0.349 e. The Kier molecular flexibility index (Phi) is 4.42. The third kappa shape index (κ3) is 3.98. The van der Waals surface area contributed by atoms with Crippen LogP contribution in [0.5, 0.6) is 0 Å². The molecule has 1 atom stereocenters. The van der Waals surface area contributed by atoms with Crippen LogP contribution in [0.15, 0.2) is 24.3 Å². The Hall–Kier alpha value is -0.580. The molecular formula is C14H18INO. The van der Waals surface area contributed by atoms with E-state index in [2.05, 4.69) is 34.8 Å². The van der Waals surface area contributed by atoms with Crippen molar-refractivity contribution in [3.63, 3.8) is 0 Å².